The summed E-state index contributed by atoms with van der Waals surface area (Å²) in [4.78, 5) is 27.9. The SMILES string of the molecule is COCC(N)C(=O)N1CCCN(C(=O)c2cccc(F)c2)CC1.Cl. The molecule has 2 rings (SSSR count). The van der Waals surface area contributed by atoms with Crippen LogP contribution in [0.25, 0.3) is 0 Å². The summed E-state index contributed by atoms with van der Waals surface area (Å²) in [6.07, 6.45) is 0.659. The van der Waals surface area contributed by atoms with Crippen molar-refractivity contribution in [2.24, 2.45) is 5.73 Å². The zero-order valence-corrected chi connectivity index (χ0v) is 14.4. The van der Waals surface area contributed by atoms with Crippen LogP contribution in [0.15, 0.2) is 24.3 Å². The van der Waals surface area contributed by atoms with Gasteiger partial charge >= 0.3 is 0 Å². The number of amides is 2. The van der Waals surface area contributed by atoms with Crippen molar-refractivity contribution in [1.82, 2.24) is 9.80 Å². The molecule has 0 bridgehead atoms. The molecule has 0 aromatic heterocycles. The number of hydrogen-bond acceptors (Lipinski definition) is 4. The molecule has 1 heterocycles. The molecule has 0 spiro atoms. The highest BCUT2D eigenvalue weighted by Crippen LogP contribution is 2.11. The third-order valence-corrected chi connectivity index (χ3v) is 3.83. The predicted molar refractivity (Wildman–Crippen MR) is 90.6 cm³/mol. The molecular weight excluding hydrogens is 337 g/mol. The average Bonchev–Trinajstić information content (AvgIpc) is 2.79. The molecule has 2 amide bonds. The molecule has 1 unspecified atom stereocenters. The van der Waals surface area contributed by atoms with E-state index in [4.69, 9.17) is 10.5 Å². The molecule has 1 aliphatic heterocycles. The molecule has 1 fully saturated rings. The van der Waals surface area contributed by atoms with Gasteiger partial charge in [0.25, 0.3) is 5.91 Å². The summed E-state index contributed by atoms with van der Waals surface area (Å²) >= 11 is 0. The standard InChI is InChI=1S/C16H22FN3O3.ClH/c1-23-11-14(18)16(22)20-7-3-6-19(8-9-20)15(21)12-4-2-5-13(17)10-12;/h2,4-5,10,14H,3,6-9,11,18H2,1H3;1H. The number of nitrogens with zero attached hydrogens (tertiary/aromatic N) is 2. The Bertz CT molecular complexity index is 573. The van der Waals surface area contributed by atoms with Crippen molar-refractivity contribution in [2.45, 2.75) is 12.5 Å². The number of hydrogen-bond donors (Lipinski definition) is 1. The van der Waals surface area contributed by atoms with Gasteiger partial charge in [-0.25, -0.2) is 4.39 Å². The molecule has 1 aliphatic rings. The number of rotatable bonds is 4. The highest BCUT2D eigenvalue weighted by molar-refractivity contribution is 5.94. The first kappa shape index (κ1) is 20.3. The summed E-state index contributed by atoms with van der Waals surface area (Å²) in [6, 6.07) is 4.94. The molecule has 1 aromatic rings. The molecule has 0 aliphatic carbocycles. The maximum atomic E-state index is 13.3. The van der Waals surface area contributed by atoms with E-state index < -0.39 is 11.9 Å². The second-order valence-corrected chi connectivity index (χ2v) is 5.54. The van der Waals surface area contributed by atoms with E-state index in [1.165, 1.54) is 25.3 Å². The lowest BCUT2D eigenvalue weighted by Gasteiger charge is -2.24. The lowest BCUT2D eigenvalue weighted by molar-refractivity contribution is -0.133. The first-order chi connectivity index (χ1) is 11.0. The van der Waals surface area contributed by atoms with Gasteiger partial charge in [-0.3, -0.25) is 9.59 Å². The number of nitrogens with two attached hydrogens (primary N) is 1. The molecule has 1 aromatic carbocycles. The maximum Gasteiger partial charge on any atom is 0.254 e. The minimum Gasteiger partial charge on any atom is -0.383 e. The van der Waals surface area contributed by atoms with E-state index in [0.29, 0.717) is 38.2 Å². The van der Waals surface area contributed by atoms with E-state index in [1.54, 1.807) is 15.9 Å². The van der Waals surface area contributed by atoms with Crippen LogP contribution in [0.2, 0.25) is 0 Å². The molecular formula is C16H23ClFN3O3. The third kappa shape index (κ3) is 5.15. The van der Waals surface area contributed by atoms with Crippen LogP contribution >= 0.6 is 12.4 Å². The van der Waals surface area contributed by atoms with Gasteiger partial charge in [0.2, 0.25) is 5.91 Å². The van der Waals surface area contributed by atoms with Crippen molar-refractivity contribution in [3.8, 4) is 0 Å². The Hall–Kier alpha value is -1.70. The average molecular weight is 360 g/mol. The Morgan fingerprint density at radius 3 is 2.58 bits per heavy atom. The van der Waals surface area contributed by atoms with Crippen molar-refractivity contribution in [2.75, 3.05) is 39.9 Å². The topological polar surface area (TPSA) is 75.9 Å². The van der Waals surface area contributed by atoms with Crippen LogP contribution < -0.4 is 5.73 Å². The fourth-order valence-electron chi connectivity index (χ4n) is 2.63. The van der Waals surface area contributed by atoms with Crippen LogP contribution in [0.4, 0.5) is 4.39 Å². The number of benzene rings is 1. The second kappa shape index (κ2) is 9.56. The smallest absolute Gasteiger partial charge is 0.254 e. The van der Waals surface area contributed by atoms with Crippen molar-refractivity contribution in [3.05, 3.63) is 35.6 Å². The molecule has 1 saturated heterocycles. The lowest BCUT2D eigenvalue weighted by Crippen LogP contribution is -2.47. The molecule has 0 radical (unpaired) electrons. The van der Waals surface area contributed by atoms with E-state index in [2.05, 4.69) is 0 Å². The van der Waals surface area contributed by atoms with Crippen LogP contribution in [0.1, 0.15) is 16.8 Å². The van der Waals surface area contributed by atoms with Crippen LogP contribution in [0, 0.1) is 5.82 Å². The van der Waals surface area contributed by atoms with Crippen LogP contribution in [-0.4, -0.2) is 67.6 Å². The molecule has 2 N–H and O–H groups in total. The van der Waals surface area contributed by atoms with Crippen molar-refractivity contribution < 1.29 is 18.7 Å². The summed E-state index contributed by atoms with van der Waals surface area (Å²) in [5, 5.41) is 0. The van der Waals surface area contributed by atoms with E-state index in [1.807, 2.05) is 0 Å². The highest BCUT2D eigenvalue weighted by Gasteiger charge is 2.25. The summed E-state index contributed by atoms with van der Waals surface area (Å²) in [5.41, 5.74) is 6.09. The fourth-order valence-corrected chi connectivity index (χ4v) is 2.63. The van der Waals surface area contributed by atoms with Gasteiger partial charge in [0, 0.05) is 38.9 Å². The van der Waals surface area contributed by atoms with Gasteiger partial charge in [0.05, 0.1) is 6.61 Å². The molecule has 0 saturated carbocycles. The maximum absolute atomic E-state index is 13.3. The Morgan fingerprint density at radius 2 is 1.92 bits per heavy atom. The lowest BCUT2D eigenvalue weighted by atomic mass is 10.2. The van der Waals surface area contributed by atoms with Crippen LogP contribution in [0.5, 0.6) is 0 Å². The van der Waals surface area contributed by atoms with Gasteiger partial charge in [-0.2, -0.15) is 0 Å². The van der Waals surface area contributed by atoms with Crippen molar-refractivity contribution in [3.63, 3.8) is 0 Å². The number of halogens is 2. The van der Waals surface area contributed by atoms with Crippen LogP contribution in [-0.2, 0) is 9.53 Å². The van der Waals surface area contributed by atoms with Crippen LogP contribution in [0.3, 0.4) is 0 Å². The first-order valence-corrected chi connectivity index (χ1v) is 7.61. The molecule has 134 valence electrons. The minimum absolute atomic E-state index is 0. The molecule has 6 nitrogen and oxygen atoms in total. The monoisotopic (exact) mass is 359 g/mol. The van der Waals surface area contributed by atoms with Crippen molar-refractivity contribution >= 4 is 24.2 Å². The Labute approximate surface area is 147 Å². The van der Waals surface area contributed by atoms with Crippen molar-refractivity contribution in [1.29, 1.82) is 0 Å². The van der Waals surface area contributed by atoms with Gasteiger partial charge in [0.1, 0.15) is 11.9 Å². The third-order valence-electron chi connectivity index (χ3n) is 3.83. The van der Waals surface area contributed by atoms with Gasteiger partial charge in [0.15, 0.2) is 0 Å². The largest absolute Gasteiger partial charge is 0.383 e. The Kier molecular flexibility index (Phi) is 8.10. The Morgan fingerprint density at radius 1 is 1.25 bits per heavy atom. The molecule has 24 heavy (non-hydrogen) atoms. The van der Waals surface area contributed by atoms with Gasteiger partial charge in [-0.1, -0.05) is 6.07 Å². The molecule has 1 atom stereocenters. The number of ether oxygens (including phenoxy) is 1. The zero-order chi connectivity index (χ0) is 16.8. The summed E-state index contributed by atoms with van der Waals surface area (Å²) in [5.74, 6) is -0.833. The van der Waals surface area contributed by atoms with E-state index in [0.717, 1.165) is 0 Å². The van der Waals surface area contributed by atoms with Gasteiger partial charge in [-0.05, 0) is 24.6 Å². The predicted octanol–water partition coefficient (Wildman–Crippen LogP) is 0.896. The van der Waals surface area contributed by atoms with Gasteiger partial charge < -0.3 is 20.3 Å². The summed E-state index contributed by atoms with van der Waals surface area (Å²) in [6.45, 7) is 2.06. The molecule has 8 heteroatoms. The first-order valence-electron chi connectivity index (χ1n) is 7.61. The fraction of sp³-hybridized carbons (Fsp3) is 0.500. The number of carbonyl (C=O) groups excluding carboxylic acids is 2. The minimum atomic E-state index is -0.689. The Balaban J connectivity index is 0.00000288. The second-order valence-electron chi connectivity index (χ2n) is 5.54. The van der Waals surface area contributed by atoms with Gasteiger partial charge in [-0.15, -0.1) is 12.4 Å². The zero-order valence-electron chi connectivity index (χ0n) is 13.6. The summed E-state index contributed by atoms with van der Waals surface area (Å²) in [7, 11) is 1.49. The number of methoxy groups -OCH3 is 1. The highest BCUT2D eigenvalue weighted by atomic mass is 35.5. The quantitative estimate of drug-likeness (QED) is 0.866. The van der Waals surface area contributed by atoms with E-state index in [-0.39, 0.29) is 30.8 Å². The normalized spacial score (nSPS) is 16.1. The van der Waals surface area contributed by atoms with E-state index in [9.17, 15) is 14.0 Å². The van der Waals surface area contributed by atoms with E-state index >= 15 is 0 Å². The summed E-state index contributed by atoms with van der Waals surface area (Å²) < 4.78 is 18.2. The number of carbonyl (C=O) groups is 2.